The highest BCUT2D eigenvalue weighted by Gasteiger charge is 1.96. The second kappa shape index (κ2) is 2.09. The van der Waals surface area contributed by atoms with Gasteiger partial charge in [0.1, 0.15) is 5.82 Å². The molecule has 0 aliphatic carbocycles. The SMILES string of the molecule is Cc1nn(C)c(=O)c(=O)[nH]1. The van der Waals surface area contributed by atoms with E-state index in [1.165, 1.54) is 7.05 Å². The normalized spacial score (nSPS) is 9.80. The van der Waals surface area contributed by atoms with Gasteiger partial charge in [0, 0.05) is 7.05 Å². The van der Waals surface area contributed by atoms with Crippen molar-refractivity contribution in [3.05, 3.63) is 26.5 Å². The van der Waals surface area contributed by atoms with Crippen LogP contribution < -0.4 is 11.1 Å². The van der Waals surface area contributed by atoms with Crippen molar-refractivity contribution in [1.82, 2.24) is 14.8 Å². The Kier molecular flexibility index (Phi) is 1.41. The molecule has 0 amide bonds. The Hall–Kier alpha value is -1.39. The van der Waals surface area contributed by atoms with E-state index in [1.807, 2.05) is 0 Å². The molecule has 1 rings (SSSR count). The Morgan fingerprint density at radius 3 is 2.60 bits per heavy atom. The van der Waals surface area contributed by atoms with E-state index in [9.17, 15) is 9.59 Å². The minimum atomic E-state index is -0.634. The number of nitrogens with one attached hydrogen (secondary N) is 1. The largest absolute Gasteiger partial charge is 0.332 e. The van der Waals surface area contributed by atoms with Crippen molar-refractivity contribution in [2.24, 2.45) is 7.05 Å². The van der Waals surface area contributed by atoms with Crippen LogP contribution in [0.1, 0.15) is 5.82 Å². The second-order valence-corrected chi connectivity index (χ2v) is 1.97. The minimum absolute atomic E-state index is 0.437. The summed E-state index contributed by atoms with van der Waals surface area (Å²) in [5.41, 5.74) is -1.26. The van der Waals surface area contributed by atoms with Crippen molar-refractivity contribution >= 4 is 0 Å². The molecule has 0 fully saturated rings. The smallest absolute Gasteiger partial charge is 0.305 e. The monoisotopic (exact) mass is 141 g/mol. The maximum Gasteiger partial charge on any atom is 0.332 e. The molecular weight excluding hydrogens is 134 g/mol. The van der Waals surface area contributed by atoms with Crippen LogP contribution in [0.3, 0.4) is 0 Å². The highest BCUT2D eigenvalue weighted by atomic mass is 16.2. The highest BCUT2D eigenvalue weighted by molar-refractivity contribution is 4.79. The highest BCUT2D eigenvalue weighted by Crippen LogP contribution is 1.70. The Balaban J connectivity index is 3.62. The molecule has 10 heavy (non-hydrogen) atoms. The van der Waals surface area contributed by atoms with Gasteiger partial charge in [0.25, 0.3) is 0 Å². The quantitative estimate of drug-likeness (QED) is 0.460. The third-order valence-electron chi connectivity index (χ3n) is 1.08. The Morgan fingerprint density at radius 2 is 2.10 bits per heavy atom. The van der Waals surface area contributed by atoms with Crippen LogP contribution in [0, 0.1) is 6.92 Å². The zero-order valence-corrected chi connectivity index (χ0v) is 5.71. The number of aryl methyl sites for hydroxylation is 2. The van der Waals surface area contributed by atoms with Gasteiger partial charge in [-0.15, -0.1) is 0 Å². The molecule has 5 heteroatoms. The van der Waals surface area contributed by atoms with Gasteiger partial charge in [0.05, 0.1) is 0 Å². The van der Waals surface area contributed by atoms with Gasteiger partial charge in [-0.25, -0.2) is 4.68 Å². The van der Waals surface area contributed by atoms with Crippen LogP contribution in [-0.4, -0.2) is 14.8 Å². The molecule has 0 saturated heterocycles. The van der Waals surface area contributed by atoms with Gasteiger partial charge >= 0.3 is 11.1 Å². The molecule has 0 unspecified atom stereocenters. The molecule has 1 N–H and O–H groups in total. The number of H-pyrrole nitrogens is 1. The standard InChI is InChI=1S/C5H7N3O2/c1-3-6-4(9)5(10)8(2)7-3/h1-2H3,(H,6,7,9). The van der Waals surface area contributed by atoms with Crippen LogP contribution in [-0.2, 0) is 7.05 Å². The zero-order chi connectivity index (χ0) is 7.72. The van der Waals surface area contributed by atoms with Crippen molar-refractivity contribution < 1.29 is 0 Å². The molecule has 0 spiro atoms. The fourth-order valence-electron chi connectivity index (χ4n) is 0.660. The van der Waals surface area contributed by atoms with Gasteiger partial charge in [0.2, 0.25) is 0 Å². The lowest BCUT2D eigenvalue weighted by Gasteiger charge is -1.93. The summed E-state index contributed by atoms with van der Waals surface area (Å²) in [6.07, 6.45) is 0. The summed E-state index contributed by atoms with van der Waals surface area (Å²) in [7, 11) is 1.44. The van der Waals surface area contributed by atoms with E-state index in [-0.39, 0.29) is 0 Å². The molecule has 1 aromatic rings. The van der Waals surface area contributed by atoms with E-state index in [0.29, 0.717) is 5.82 Å². The lowest BCUT2D eigenvalue weighted by atomic mass is 10.7. The van der Waals surface area contributed by atoms with Gasteiger partial charge in [-0.3, -0.25) is 9.59 Å². The molecule has 1 aromatic heterocycles. The predicted octanol–water partition coefficient (Wildman–Crippen LogP) is -1.22. The van der Waals surface area contributed by atoms with Crippen LogP contribution in [0.5, 0.6) is 0 Å². The van der Waals surface area contributed by atoms with Gasteiger partial charge in [-0.2, -0.15) is 5.10 Å². The topological polar surface area (TPSA) is 67.8 Å². The first-order chi connectivity index (χ1) is 4.61. The van der Waals surface area contributed by atoms with Crippen LogP contribution in [0.25, 0.3) is 0 Å². The molecule has 1 heterocycles. The number of rotatable bonds is 0. The number of aromatic nitrogens is 3. The molecular formula is C5H7N3O2. The lowest BCUT2D eigenvalue weighted by Crippen LogP contribution is -2.37. The van der Waals surface area contributed by atoms with Crippen molar-refractivity contribution in [3.8, 4) is 0 Å². The first-order valence-corrected chi connectivity index (χ1v) is 2.75. The van der Waals surface area contributed by atoms with Crippen molar-refractivity contribution in [2.75, 3.05) is 0 Å². The summed E-state index contributed by atoms with van der Waals surface area (Å²) in [4.78, 5) is 23.6. The average Bonchev–Trinajstić information content (AvgIpc) is 1.82. The average molecular weight is 141 g/mol. The summed E-state index contributed by atoms with van der Waals surface area (Å²) >= 11 is 0. The third-order valence-corrected chi connectivity index (χ3v) is 1.08. The Morgan fingerprint density at radius 1 is 1.50 bits per heavy atom. The molecule has 0 aliphatic rings. The van der Waals surface area contributed by atoms with E-state index < -0.39 is 11.1 Å². The van der Waals surface area contributed by atoms with E-state index >= 15 is 0 Å². The molecule has 0 atom stereocenters. The van der Waals surface area contributed by atoms with Gasteiger partial charge in [0.15, 0.2) is 0 Å². The number of hydrogen-bond acceptors (Lipinski definition) is 3. The molecule has 5 nitrogen and oxygen atoms in total. The third kappa shape index (κ3) is 0.975. The fraction of sp³-hybridized carbons (Fsp3) is 0.400. The minimum Gasteiger partial charge on any atom is -0.305 e. The lowest BCUT2D eigenvalue weighted by molar-refractivity contribution is 0.656. The first-order valence-electron chi connectivity index (χ1n) is 2.75. The maximum absolute atomic E-state index is 10.7. The number of aromatic amines is 1. The van der Waals surface area contributed by atoms with Crippen molar-refractivity contribution in [1.29, 1.82) is 0 Å². The summed E-state index contributed by atoms with van der Waals surface area (Å²) in [6.45, 7) is 1.61. The Bertz CT molecular complexity index is 349. The zero-order valence-electron chi connectivity index (χ0n) is 5.71. The molecule has 0 saturated carbocycles. The summed E-state index contributed by atoms with van der Waals surface area (Å²) in [6, 6.07) is 0. The van der Waals surface area contributed by atoms with E-state index in [4.69, 9.17) is 0 Å². The number of nitrogens with zero attached hydrogens (tertiary/aromatic N) is 2. The van der Waals surface area contributed by atoms with Gasteiger partial charge in [-0.1, -0.05) is 0 Å². The van der Waals surface area contributed by atoms with E-state index in [1.54, 1.807) is 6.92 Å². The summed E-state index contributed by atoms with van der Waals surface area (Å²) in [5, 5.41) is 3.68. The van der Waals surface area contributed by atoms with Gasteiger partial charge in [-0.05, 0) is 6.92 Å². The van der Waals surface area contributed by atoms with Crippen molar-refractivity contribution in [3.63, 3.8) is 0 Å². The predicted molar refractivity (Wildman–Crippen MR) is 34.8 cm³/mol. The molecule has 0 radical (unpaired) electrons. The van der Waals surface area contributed by atoms with Crippen LogP contribution in [0.15, 0.2) is 9.59 Å². The van der Waals surface area contributed by atoms with Crippen LogP contribution >= 0.6 is 0 Å². The van der Waals surface area contributed by atoms with Crippen LogP contribution in [0.2, 0.25) is 0 Å². The summed E-state index contributed by atoms with van der Waals surface area (Å²) in [5.74, 6) is 0.437. The van der Waals surface area contributed by atoms with E-state index in [2.05, 4.69) is 10.1 Å². The second-order valence-electron chi connectivity index (χ2n) is 1.97. The van der Waals surface area contributed by atoms with E-state index in [0.717, 1.165) is 4.68 Å². The maximum atomic E-state index is 10.7. The first kappa shape index (κ1) is 6.73. The summed E-state index contributed by atoms with van der Waals surface area (Å²) < 4.78 is 1.01. The number of hydrogen-bond donors (Lipinski definition) is 1. The fourth-order valence-corrected chi connectivity index (χ4v) is 0.660. The molecule has 54 valence electrons. The van der Waals surface area contributed by atoms with Crippen LogP contribution in [0.4, 0.5) is 0 Å². The molecule has 0 aromatic carbocycles. The van der Waals surface area contributed by atoms with Gasteiger partial charge < -0.3 is 4.98 Å². The Labute approximate surface area is 56.3 Å². The molecule has 0 bridgehead atoms. The van der Waals surface area contributed by atoms with Crippen molar-refractivity contribution in [2.45, 2.75) is 6.92 Å². The molecule has 0 aliphatic heterocycles.